The van der Waals surface area contributed by atoms with Gasteiger partial charge in [0.15, 0.2) is 0 Å². The second kappa shape index (κ2) is 6.14. The van der Waals surface area contributed by atoms with Gasteiger partial charge in [0.1, 0.15) is 17.3 Å². The van der Waals surface area contributed by atoms with E-state index in [-0.39, 0.29) is 29.7 Å². The van der Waals surface area contributed by atoms with Gasteiger partial charge in [0.05, 0.1) is 18.5 Å². The summed E-state index contributed by atoms with van der Waals surface area (Å²) in [4.78, 5) is 28.3. The Morgan fingerprint density at radius 3 is 2.75 bits per heavy atom. The van der Waals surface area contributed by atoms with Gasteiger partial charge in [0.2, 0.25) is 0 Å². The van der Waals surface area contributed by atoms with Gasteiger partial charge in [-0.3, -0.25) is 9.59 Å². The number of benzene rings is 1. The SMILES string of the molecule is COc1ccc(F)c2[nH]c(C(=O)N(CC(C)C(=O)O)C3CC3)cc12. The van der Waals surface area contributed by atoms with E-state index in [4.69, 9.17) is 9.84 Å². The summed E-state index contributed by atoms with van der Waals surface area (Å²) in [6, 6.07) is 4.39. The molecule has 0 bridgehead atoms. The van der Waals surface area contributed by atoms with Crippen LogP contribution in [0, 0.1) is 11.7 Å². The average Bonchev–Trinajstić information content (AvgIpc) is 3.29. The van der Waals surface area contributed by atoms with Gasteiger partial charge >= 0.3 is 5.97 Å². The second-order valence-corrected chi connectivity index (χ2v) is 6.15. The zero-order valence-electron chi connectivity index (χ0n) is 13.5. The van der Waals surface area contributed by atoms with E-state index in [1.807, 2.05) is 0 Å². The molecular formula is C17H19FN2O4. The van der Waals surface area contributed by atoms with Crippen LogP contribution in [0.4, 0.5) is 4.39 Å². The standard InChI is InChI=1S/C17H19FN2O4/c1-9(17(22)23)8-20(10-3-4-10)16(21)13-7-11-14(24-2)6-5-12(18)15(11)19-13/h5-7,9-10,19H,3-4,8H2,1-2H3,(H,22,23). The Bertz CT molecular complexity index is 797. The highest BCUT2D eigenvalue weighted by Crippen LogP contribution is 2.32. The molecular weight excluding hydrogens is 315 g/mol. The number of aliphatic carboxylic acids is 1. The van der Waals surface area contributed by atoms with Crippen LogP contribution in [-0.2, 0) is 4.79 Å². The van der Waals surface area contributed by atoms with Gasteiger partial charge in [0, 0.05) is 18.0 Å². The van der Waals surface area contributed by atoms with Gasteiger partial charge in [0.25, 0.3) is 5.91 Å². The number of carbonyl (C=O) groups excluding carboxylic acids is 1. The van der Waals surface area contributed by atoms with Crippen LogP contribution < -0.4 is 4.74 Å². The van der Waals surface area contributed by atoms with E-state index in [0.29, 0.717) is 11.1 Å². The topological polar surface area (TPSA) is 82.6 Å². The number of halogens is 1. The molecule has 24 heavy (non-hydrogen) atoms. The molecule has 2 N–H and O–H groups in total. The molecule has 1 aliphatic rings. The molecule has 2 aromatic rings. The molecule has 0 spiro atoms. The van der Waals surface area contributed by atoms with Crippen molar-refractivity contribution in [3.05, 3.63) is 29.7 Å². The highest BCUT2D eigenvalue weighted by Gasteiger charge is 2.35. The molecule has 1 atom stereocenters. The first-order chi connectivity index (χ1) is 11.4. The fourth-order valence-electron chi connectivity index (χ4n) is 2.76. The number of nitrogens with zero attached hydrogens (tertiary/aromatic N) is 1. The lowest BCUT2D eigenvalue weighted by Crippen LogP contribution is -2.38. The average molecular weight is 334 g/mol. The van der Waals surface area contributed by atoms with Crippen molar-refractivity contribution in [3.8, 4) is 5.75 Å². The number of amides is 1. The first kappa shape index (κ1) is 16.3. The van der Waals surface area contributed by atoms with E-state index in [1.165, 1.54) is 19.2 Å². The van der Waals surface area contributed by atoms with E-state index in [1.54, 1.807) is 17.9 Å². The minimum Gasteiger partial charge on any atom is -0.496 e. The third-order valence-electron chi connectivity index (χ3n) is 4.29. The number of hydrogen-bond acceptors (Lipinski definition) is 3. The van der Waals surface area contributed by atoms with E-state index in [2.05, 4.69) is 4.98 Å². The molecule has 1 aliphatic carbocycles. The minimum absolute atomic E-state index is 0.0532. The highest BCUT2D eigenvalue weighted by atomic mass is 19.1. The highest BCUT2D eigenvalue weighted by molar-refractivity contribution is 6.00. The van der Waals surface area contributed by atoms with E-state index in [9.17, 15) is 14.0 Å². The van der Waals surface area contributed by atoms with Crippen LogP contribution in [0.25, 0.3) is 10.9 Å². The lowest BCUT2D eigenvalue weighted by Gasteiger charge is -2.23. The molecule has 1 aromatic heterocycles. The molecule has 1 amide bonds. The van der Waals surface area contributed by atoms with Crippen LogP contribution in [0.1, 0.15) is 30.3 Å². The van der Waals surface area contributed by atoms with Gasteiger partial charge in [-0.1, -0.05) is 6.92 Å². The number of carboxylic acid groups (broad SMARTS) is 1. The second-order valence-electron chi connectivity index (χ2n) is 6.15. The van der Waals surface area contributed by atoms with Crippen molar-refractivity contribution >= 4 is 22.8 Å². The lowest BCUT2D eigenvalue weighted by atomic mass is 10.1. The summed E-state index contributed by atoms with van der Waals surface area (Å²) >= 11 is 0. The summed E-state index contributed by atoms with van der Waals surface area (Å²) in [6.07, 6.45) is 1.71. The van der Waals surface area contributed by atoms with Crippen molar-refractivity contribution < 1.29 is 23.8 Å². The summed E-state index contributed by atoms with van der Waals surface area (Å²) in [5.41, 5.74) is 0.442. The molecule has 128 valence electrons. The summed E-state index contributed by atoms with van der Waals surface area (Å²) in [5, 5.41) is 9.58. The summed E-state index contributed by atoms with van der Waals surface area (Å²) in [6.45, 7) is 1.70. The van der Waals surface area contributed by atoms with Crippen LogP contribution in [0.15, 0.2) is 18.2 Å². The third-order valence-corrected chi connectivity index (χ3v) is 4.29. The van der Waals surface area contributed by atoms with Crippen molar-refractivity contribution in [2.45, 2.75) is 25.8 Å². The Balaban J connectivity index is 1.94. The third kappa shape index (κ3) is 2.93. The first-order valence-corrected chi connectivity index (χ1v) is 7.81. The number of carbonyl (C=O) groups is 2. The molecule has 0 aliphatic heterocycles. The number of rotatable bonds is 6. The van der Waals surface area contributed by atoms with E-state index in [0.717, 1.165) is 12.8 Å². The summed E-state index contributed by atoms with van der Waals surface area (Å²) in [7, 11) is 1.48. The Labute approximate surface area is 138 Å². The zero-order chi connectivity index (χ0) is 17.4. The fraction of sp³-hybridized carbons (Fsp3) is 0.412. The number of hydrogen-bond donors (Lipinski definition) is 2. The molecule has 1 fully saturated rings. The van der Waals surface area contributed by atoms with Crippen LogP contribution in [0.3, 0.4) is 0 Å². The largest absolute Gasteiger partial charge is 0.496 e. The molecule has 0 radical (unpaired) electrons. The van der Waals surface area contributed by atoms with Gasteiger partial charge in [-0.05, 0) is 31.0 Å². The molecule has 1 aromatic carbocycles. The maximum absolute atomic E-state index is 14.0. The summed E-state index contributed by atoms with van der Waals surface area (Å²) < 4.78 is 19.2. The number of aromatic nitrogens is 1. The van der Waals surface area contributed by atoms with Crippen LogP contribution in [0.2, 0.25) is 0 Å². The first-order valence-electron chi connectivity index (χ1n) is 7.81. The fourth-order valence-corrected chi connectivity index (χ4v) is 2.76. The smallest absolute Gasteiger partial charge is 0.308 e. The molecule has 3 rings (SSSR count). The van der Waals surface area contributed by atoms with Gasteiger partial charge in [-0.25, -0.2) is 4.39 Å². The quantitative estimate of drug-likeness (QED) is 0.851. The normalized spacial score (nSPS) is 15.3. The minimum atomic E-state index is -0.946. The van der Waals surface area contributed by atoms with Crippen molar-refractivity contribution in [3.63, 3.8) is 0 Å². The Morgan fingerprint density at radius 2 is 2.17 bits per heavy atom. The van der Waals surface area contributed by atoms with Gasteiger partial charge in [-0.2, -0.15) is 0 Å². The maximum Gasteiger partial charge on any atom is 0.308 e. The molecule has 1 unspecified atom stereocenters. The lowest BCUT2D eigenvalue weighted by molar-refractivity contribution is -0.141. The Morgan fingerprint density at radius 1 is 1.46 bits per heavy atom. The number of H-pyrrole nitrogens is 1. The van der Waals surface area contributed by atoms with E-state index >= 15 is 0 Å². The number of fused-ring (bicyclic) bond motifs is 1. The van der Waals surface area contributed by atoms with Crippen molar-refractivity contribution in [1.29, 1.82) is 0 Å². The van der Waals surface area contributed by atoms with Gasteiger partial charge < -0.3 is 19.7 Å². The number of carboxylic acids is 1. The van der Waals surface area contributed by atoms with Gasteiger partial charge in [-0.15, -0.1) is 0 Å². The summed E-state index contributed by atoms with van der Waals surface area (Å²) in [5.74, 6) is -1.92. The van der Waals surface area contributed by atoms with Crippen LogP contribution >= 0.6 is 0 Å². The Hall–Kier alpha value is -2.57. The molecule has 6 nitrogen and oxygen atoms in total. The molecule has 0 saturated heterocycles. The van der Waals surface area contributed by atoms with Crippen molar-refractivity contribution in [2.24, 2.45) is 5.92 Å². The monoisotopic (exact) mass is 334 g/mol. The maximum atomic E-state index is 14.0. The number of aromatic amines is 1. The zero-order valence-corrected chi connectivity index (χ0v) is 13.5. The number of ether oxygens (including phenoxy) is 1. The predicted molar refractivity (Wildman–Crippen MR) is 85.7 cm³/mol. The number of nitrogens with one attached hydrogen (secondary N) is 1. The van der Waals surface area contributed by atoms with Crippen LogP contribution in [-0.4, -0.2) is 46.6 Å². The molecule has 1 saturated carbocycles. The molecule has 1 heterocycles. The predicted octanol–water partition coefficient (Wildman–Crippen LogP) is 2.64. The number of methoxy groups -OCH3 is 1. The molecule has 7 heteroatoms. The van der Waals surface area contributed by atoms with Crippen molar-refractivity contribution in [1.82, 2.24) is 9.88 Å². The van der Waals surface area contributed by atoms with E-state index < -0.39 is 17.7 Å². The Kier molecular flexibility index (Phi) is 4.17. The van der Waals surface area contributed by atoms with Crippen molar-refractivity contribution in [2.75, 3.05) is 13.7 Å². The van der Waals surface area contributed by atoms with Crippen LogP contribution in [0.5, 0.6) is 5.75 Å².